The van der Waals surface area contributed by atoms with Crippen molar-refractivity contribution in [3.05, 3.63) is 96.3 Å². The SMILES string of the molecule is O=C(C1CCNCC1)N(CCOc1ccccc1)[C@@H](c1ccccc1)c1ccccn1. The van der Waals surface area contributed by atoms with E-state index in [1.807, 2.05) is 71.6 Å². The number of amides is 1. The van der Waals surface area contributed by atoms with E-state index in [4.69, 9.17) is 4.74 Å². The highest BCUT2D eigenvalue weighted by atomic mass is 16.5. The number of piperidine rings is 1. The van der Waals surface area contributed by atoms with Crippen molar-refractivity contribution in [1.82, 2.24) is 15.2 Å². The number of hydrogen-bond acceptors (Lipinski definition) is 4. The molecule has 1 atom stereocenters. The van der Waals surface area contributed by atoms with Crippen LogP contribution in [0, 0.1) is 5.92 Å². The predicted octanol–water partition coefficient (Wildman–Crippen LogP) is 4.08. The second kappa shape index (κ2) is 10.7. The van der Waals surface area contributed by atoms with Crippen molar-refractivity contribution in [2.45, 2.75) is 18.9 Å². The third kappa shape index (κ3) is 5.50. The van der Waals surface area contributed by atoms with E-state index in [0.29, 0.717) is 13.2 Å². The number of aromatic nitrogens is 1. The van der Waals surface area contributed by atoms with Crippen molar-refractivity contribution in [1.29, 1.82) is 0 Å². The highest BCUT2D eigenvalue weighted by Gasteiger charge is 2.32. The summed E-state index contributed by atoms with van der Waals surface area (Å²) in [6.07, 6.45) is 3.51. The number of hydrogen-bond donors (Lipinski definition) is 1. The molecule has 3 aromatic rings. The minimum atomic E-state index is -0.246. The first-order chi connectivity index (χ1) is 15.3. The van der Waals surface area contributed by atoms with E-state index in [2.05, 4.69) is 22.4 Å². The minimum Gasteiger partial charge on any atom is -0.492 e. The summed E-state index contributed by atoms with van der Waals surface area (Å²) in [7, 11) is 0. The lowest BCUT2D eigenvalue weighted by molar-refractivity contribution is -0.138. The van der Waals surface area contributed by atoms with E-state index in [9.17, 15) is 4.79 Å². The van der Waals surface area contributed by atoms with Gasteiger partial charge >= 0.3 is 0 Å². The Morgan fingerprint density at radius 1 is 0.968 bits per heavy atom. The highest BCUT2D eigenvalue weighted by Crippen LogP contribution is 2.30. The summed E-state index contributed by atoms with van der Waals surface area (Å²) in [5.74, 6) is 1.01. The minimum absolute atomic E-state index is 0.0212. The van der Waals surface area contributed by atoms with Crippen LogP contribution in [0.15, 0.2) is 85.1 Å². The molecule has 1 amide bonds. The van der Waals surface area contributed by atoms with E-state index in [-0.39, 0.29) is 17.9 Å². The van der Waals surface area contributed by atoms with Crippen LogP contribution in [0.25, 0.3) is 0 Å². The fourth-order valence-electron chi connectivity index (χ4n) is 4.13. The van der Waals surface area contributed by atoms with Gasteiger partial charge in [0.15, 0.2) is 0 Å². The van der Waals surface area contributed by atoms with Gasteiger partial charge in [0.2, 0.25) is 5.91 Å². The first-order valence-corrected chi connectivity index (χ1v) is 11.0. The number of nitrogens with zero attached hydrogens (tertiary/aromatic N) is 2. The Balaban J connectivity index is 1.63. The van der Waals surface area contributed by atoms with E-state index in [0.717, 1.165) is 42.9 Å². The van der Waals surface area contributed by atoms with Gasteiger partial charge in [0, 0.05) is 12.1 Å². The van der Waals surface area contributed by atoms with Gasteiger partial charge in [-0.1, -0.05) is 54.6 Å². The van der Waals surface area contributed by atoms with Crippen molar-refractivity contribution in [3.63, 3.8) is 0 Å². The van der Waals surface area contributed by atoms with Crippen molar-refractivity contribution < 1.29 is 9.53 Å². The van der Waals surface area contributed by atoms with E-state index in [1.54, 1.807) is 6.20 Å². The quantitative estimate of drug-likeness (QED) is 0.602. The van der Waals surface area contributed by atoms with Crippen LogP contribution in [0.2, 0.25) is 0 Å². The molecule has 160 valence electrons. The van der Waals surface area contributed by atoms with Crippen molar-refractivity contribution in [2.75, 3.05) is 26.2 Å². The number of carbonyl (C=O) groups excluding carboxylic acids is 1. The van der Waals surface area contributed by atoms with Gasteiger partial charge in [-0.3, -0.25) is 9.78 Å². The number of carbonyl (C=O) groups is 1. The Hall–Kier alpha value is -3.18. The molecule has 0 spiro atoms. The third-order valence-corrected chi connectivity index (χ3v) is 5.71. The zero-order chi connectivity index (χ0) is 21.3. The lowest BCUT2D eigenvalue weighted by Crippen LogP contribution is -2.45. The van der Waals surface area contributed by atoms with Crippen LogP contribution in [0.5, 0.6) is 5.75 Å². The third-order valence-electron chi connectivity index (χ3n) is 5.71. The molecule has 0 aliphatic carbocycles. The van der Waals surface area contributed by atoms with Crippen LogP contribution in [0.4, 0.5) is 0 Å². The number of para-hydroxylation sites is 1. The Kier molecular flexibility index (Phi) is 7.29. The molecular weight excluding hydrogens is 386 g/mol. The molecule has 0 unspecified atom stereocenters. The molecule has 2 heterocycles. The fraction of sp³-hybridized carbons (Fsp3) is 0.308. The molecule has 4 rings (SSSR count). The maximum atomic E-state index is 13.7. The van der Waals surface area contributed by atoms with Crippen LogP contribution in [-0.2, 0) is 4.79 Å². The molecule has 1 fully saturated rings. The molecule has 5 nitrogen and oxygen atoms in total. The smallest absolute Gasteiger partial charge is 0.226 e. The lowest BCUT2D eigenvalue weighted by atomic mass is 9.93. The second-order valence-electron chi connectivity index (χ2n) is 7.79. The number of nitrogens with one attached hydrogen (secondary N) is 1. The summed E-state index contributed by atoms with van der Waals surface area (Å²) >= 11 is 0. The van der Waals surface area contributed by atoms with Crippen molar-refractivity contribution >= 4 is 5.91 Å². The van der Waals surface area contributed by atoms with Gasteiger partial charge in [-0.2, -0.15) is 0 Å². The van der Waals surface area contributed by atoms with Crippen LogP contribution < -0.4 is 10.1 Å². The number of ether oxygens (including phenoxy) is 1. The Labute approximate surface area is 184 Å². The molecule has 31 heavy (non-hydrogen) atoms. The Bertz CT molecular complexity index is 889. The molecule has 5 heteroatoms. The fourth-order valence-corrected chi connectivity index (χ4v) is 4.13. The molecule has 2 aromatic carbocycles. The summed E-state index contributed by atoms with van der Waals surface area (Å²) in [5.41, 5.74) is 1.93. The lowest BCUT2D eigenvalue weighted by Gasteiger charge is -2.35. The van der Waals surface area contributed by atoms with Crippen LogP contribution in [0.3, 0.4) is 0 Å². The van der Waals surface area contributed by atoms with Gasteiger partial charge in [0.05, 0.1) is 18.3 Å². The molecule has 1 aliphatic heterocycles. The average molecular weight is 416 g/mol. The van der Waals surface area contributed by atoms with Gasteiger partial charge in [-0.15, -0.1) is 0 Å². The molecule has 1 aromatic heterocycles. The van der Waals surface area contributed by atoms with Crippen molar-refractivity contribution in [2.24, 2.45) is 5.92 Å². The molecule has 0 radical (unpaired) electrons. The van der Waals surface area contributed by atoms with Gasteiger partial charge in [0.25, 0.3) is 0 Å². The topological polar surface area (TPSA) is 54.5 Å². The van der Waals surface area contributed by atoms with Crippen molar-refractivity contribution in [3.8, 4) is 5.75 Å². The monoisotopic (exact) mass is 415 g/mol. The molecule has 1 N–H and O–H groups in total. The summed E-state index contributed by atoms with van der Waals surface area (Å²) in [4.78, 5) is 20.3. The van der Waals surface area contributed by atoms with Crippen LogP contribution in [0.1, 0.15) is 30.1 Å². The van der Waals surface area contributed by atoms with Crippen LogP contribution >= 0.6 is 0 Å². The van der Waals surface area contributed by atoms with Gasteiger partial charge in [-0.25, -0.2) is 0 Å². The summed E-state index contributed by atoms with van der Waals surface area (Å²) in [5, 5.41) is 3.36. The zero-order valence-corrected chi connectivity index (χ0v) is 17.7. The Morgan fingerprint density at radius 2 is 1.65 bits per heavy atom. The first kappa shape index (κ1) is 21.1. The summed E-state index contributed by atoms with van der Waals surface area (Å²) < 4.78 is 5.97. The van der Waals surface area contributed by atoms with E-state index in [1.165, 1.54) is 0 Å². The van der Waals surface area contributed by atoms with Gasteiger partial charge in [0.1, 0.15) is 12.4 Å². The van der Waals surface area contributed by atoms with E-state index < -0.39 is 0 Å². The summed E-state index contributed by atoms with van der Waals surface area (Å²) in [6, 6.07) is 25.5. The zero-order valence-electron chi connectivity index (χ0n) is 17.7. The largest absolute Gasteiger partial charge is 0.492 e. The maximum Gasteiger partial charge on any atom is 0.226 e. The Morgan fingerprint density at radius 3 is 2.32 bits per heavy atom. The molecule has 0 bridgehead atoms. The normalized spacial score (nSPS) is 15.2. The highest BCUT2D eigenvalue weighted by molar-refractivity contribution is 5.80. The van der Waals surface area contributed by atoms with E-state index >= 15 is 0 Å². The molecule has 1 aliphatic rings. The summed E-state index contributed by atoms with van der Waals surface area (Å²) in [6.45, 7) is 2.68. The predicted molar refractivity (Wildman–Crippen MR) is 122 cm³/mol. The van der Waals surface area contributed by atoms with Crippen LogP contribution in [-0.4, -0.2) is 42.0 Å². The second-order valence-corrected chi connectivity index (χ2v) is 7.79. The number of benzene rings is 2. The van der Waals surface area contributed by atoms with Gasteiger partial charge in [-0.05, 0) is 55.8 Å². The molecule has 0 saturated carbocycles. The average Bonchev–Trinajstić information content (AvgIpc) is 2.85. The standard InChI is InChI=1S/C26H29N3O2/c30-26(22-14-17-27-18-15-22)29(19-20-31-23-11-5-2-6-12-23)25(21-9-3-1-4-10-21)24-13-7-8-16-28-24/h1-13,16,22,25,27H,14-15,17-20H2/t25-/m0/s1. The maximum absolute atomic E-state index is 13.7. The first-order valence-electron chi connectivity index (χ1n) is 11.0. The van der Waals surface area contributed by atoms with Gasteiger partial charge < -0.3 is 15.0 Å². The number of pyridine rings is 1. The molecular formula is C26H29N3O2. The molecule has 1 saturated heterocycles. The number of rotatable bonds is 8.